The average molecular weight is 490 g/mol. The number of phenolic OH excluding ortho intramolecular Hbond substituents is 2. The zero-order chi connectivity index (χ0) is 25.6. The average Bonchev–Trinajstić information content (AvgIpc) is 2.87. The van der Waals surface area contributed by atoms with Crippen LogP contribution in [-0.4, -0.2) is 37.5 Å². The van der Waals surface area contributed by atoms with Crippen molar-refractivity contribution in [2.75, 3.05) is 21.3 Å². The van der Waals surface area contributed by atoms with Crippen molar-refractivity contribution in [1.82, 2.24) is 0 Å². The fraction of sp³-hybridized carbons (Fsp3) is 0.185. The van der Waals surface area contributed by atoms with E-state index >= 15 is 0 Å². The molecule has 0 radical (unpaired) electrons. The minimum atomic E-state index is -0.601. The second kappa shape index (κ2) is 8.84. The van der Waals surface area contributed by atoms with E-state index in [-0.39, 0.29) is 46.0 Å². The van der Waals surface area contributed by atoms with Gasteiger partial charge in [-0.25, -0.2) is 0 Å². The molecule has 1 aliphatic rings. The number of hydrogen-bond donors (Lipinski definition) is 2. The lowest BCUT2D eigenvalue weighted by molar-refractivity contribution is -0.135. The molecule has 9 nitrogen and oxygen atoms in total. The largest absolute Gasteiger partial charge is 0.507 e. The van der Waals surface area contributed by atoms with Gasteiger partial charge in [0.15, 0.2) is 23.0 Å². The topological polar surface area (TPSA) is 125 Å². The summed E-state index contributed by atoms with van der Waals surface area (Å²) in [6, 6.07) is 11.0. The second-order valence-corrected chi connectivity index (χ2v) is 8.22. The summed E-state index contributed by atoms with van der Waals surface area (Å²) in [4.78, 5) is 26.0. The molecule has 2 N–H and O–H groups in total. The number of benzene rings is 3. The van der Waals surface area contributed by atoms with Crippen LogP contribution < -0.4 is 24.4 Å². The molecule has 9 heteroatoms. The Morgan fingerprint density at radius 3 is 2.28 bits per heavy atom. The van der Waals surface area contributed by atoms with E-state index in [1.807, 2.05) is 0 Å². The number of ether oxygens (including phenoxy) is 4. The van der Waals surface area contributed by atoms with Crippen LogP contribution in [0.15, 0.2) is 57.9 Å². The highest BCUT2D eigenvalue weighted by atomic mass is 16.5. The highest BCUT2D eigenvalue weighted by Crippen LogP contribution is 2.46. The van der Waals surface area contributed by atoms with Crippen LogP contribution in [0.2, 0.25) is 0 Å². The molecule has 0 spiro atoms. The Hall–Kier alpha value is -4.66. The van der Waals surface area contributed by atoms with E-state index in [4.69, 9.17) is 23.4 Å². The van der Waals surface area contributed by atoms with Crippen molar-refractivity contribution in [3.63, 3.8) is 0 Å². The Kier molecular flexibility index (Phi) is 5.68. The fourth-order valence-corrected chi connectivity index (χ4v) is 4.54. The van der Waals surface area contributed by atoms with E-state index in [0.29, 0.717) is 28.2 Å². The molecule has 0 aliphatic carbocycles. The normalized spacial score (nSPS) is 14.8. The number of carbonyl (C=O) groups is 1. The quantitative estimate of drug-likeness (QED) is 0.310. The summed E-state index contributed by atoms with van der Waals surface area (Å²) < 4.78 is 27.0. The summed E-state index contributed by atoms with van der Waals surface area (Å²) in [5, 5.41) is 21.0. The monoisotopic (exact) mass is 490 g/mol. The smallest absolute Gasteiger partial charge is 0.312 e. The Morgan fingerprint density at radius 1 is 0.861 bits per heavy atom. The molecule has 3 aromatic carbocycles. The lowest BCUT2D eigenvalue weighted by Gasteiger charge is -2.26. The van der Waals surface area contributed by atoms with Crippen molar-refractivity contribution >= 4 is 16.9 Å². The SMILES string of the molecule is COc1ccc(C2CC(=O)Oc3cc(O)c4c(=O)c(-c5ccc(OC)c(OC)c5)coc4c32)cc1O. The van der Waals surface area contributed by atoms with Crippen molar-refractivity contribution in [2.45, 2.75) is 12.3 Å². The number of carbonyl (C=O) groups excluding carboxylic acids is 1. The number of esters is 1. The van der Waals surface area contributed by atoms with Crippen LogP contribution >= 0.6 is 0 Å². The molecule has 1 unspecified atom stereocenters. The standard InChI is InChI=1S/C27H22O9/c1-32-19-6-4-13(8-17(19)28)15-10-23(30)36-22-11-18(29)25-26(31)16(12-35-27(25)24(15)22)14-5-7-20(33-2)21(9-14)34-3/h4-9,11-12,15,28-29H,10H2,1-3H3. The van der Waals surface area contributed by atoms with Gasteiger partial charge >= 0.3 is 5.97 Å². The van der Waals surface area contributed by atoms with E-state index in [0.717, 1.165) is 0 Å². The molecule has 0 saturated carbocycles. The first-order chi connectivity index (χ1) is 17.4. The van der Waals surface area contributed by atoms with Gasteiger partial charge in [0.05, 0.1) is 33.3 Å². The summed E-state index contributed by atoms with van der Waals surface area (Å²) in [7, 11) is 4.43. The number of hydrogen-bond acceptors (Lipinski definition) is 9. The van der Waals surface area contributed by atoms with Crippen molar-refractivity contribution in [3.05, 3.63) is 70.1 Å². The molecular weight excluding hydrogens is 468 g/mol. The lowest BCUT2D eigenvalue weighted by Crippen LogP contribution is -2.22. The molecule has 184 valence electrons. The van der Waals surface area contributed by atoms with Gasteiger partial charge in [0.25, 0.3) is 0 Å². The van der Waals surface area contributed by atoms with Crippen molar-refractivity contribution in [1.29, 1.82) is 0 Å². The third kappa shape index (κ3) is 3.65. The zero-order valence-electron chi connectivity index (χ0n) is 19.7. The zero-order valence-corrected chi connectivity index (χ0v) is 19.7. The van der Waals surface area contributed by atoms with Crippen molar-refractivity contribution in [2.24, 2.45) is 0 Å². The minimum absolute atomic E-state index is 0.0540. The first kappa shape index (κ1) is 23.1. The molecule has 0 saturated heterocycles. The number of fused-ring (bicyclic) bond motifs is 3. The molecule has 2 heterocycles. The number of phenols is 2. The Labute approximate surface area is 205 Å². The van der Waals surface area contributed by atoms with Crippen LogP contribution in [0.5, 0.6) is 34.5 Å². The molecule has 1 aromatic heterocycles. The van der Waals surface area contributed by atoms with Gasteiger partial charge < -0.3 is 33.6 Å². The van der Waals surface area contributed by atoms with Gasteiger partial charge in [0, 0.05) is 17.5 Å². The van der Waals surface area contributed by atoms with Gasteiger partial charge in [-0.3, -0.25) is 9.59 Å². The van der Waals surface area contributed by atoms with E-state index < -0.39 is 17.3 Å². The van der Waals surface area contributed by atoms with Gasteiger partial charge in [-0.05, 0) is 35.4 Å². The fourth-order valence-electron chi connectivity index (χ4n) is 4.54. The predicted molar refractivity (Wildman–Crippen MR) is 129 cm³/mol. The van der Waals surface area contributed by atoms with Crippen LogP contribution in [0.1, 0.15) is 23.5 Å². The Balaban J connectivity index is 1.73. The molecule has 4 aromatic rings. The van der Waals surface area contributed by atoms with Gasteiger partial charge in [0.2, 0.25) is 5.43 Å². The lowest BCUT2D eigenvalue weighted by atomic mass is 9.84. The number of aromatic hydroxyl groups is 2. The summed E-state index contributed by atoms with van der Waals surface area (Å²) >= 11 is 0. The van der Waals surface area contributed by atoms with Gasteiger partial charge in [-0.15, -0.1) is 0 Å². The highest BCUT2D eigenvalue weighted by Gasteiger charge is 2.34. The first-order valence-electron chi connectivity index (χ1n) is 11.0. The summed E-state index contributed by atoms with van der Waals surface area (Å²) in [6.45, 7) is 0. The number of rotatable bonds is 5. The van der Waals surface area contributed by atoms with E-state index in [2.05, 4.69) is 0 Å². The van der Waals surface area contributed by atoms with Crippen LogP contribution in [-0.2, 0) is 4.79 Å². The third-order valence-electron chi connectivity index (χ3n) is 6.27. The number of methoxy groups -OCH3 is 3. The predicted octanol–water partition coefficient (Wildman–Crippen LogP) is 4.34. The molecular formula is C27H22O9. The molecule has 1 aliphatic heterocycles. The first-order valence-corrected chi connectivity index (χ1v) is 11.0. The van der Waals surface area contributed by atoms with Crippen LogP contribution in [0, 0.1) is 0 Å². The van der Waals surface area contributed by atoms with Crippen LogP contribution in [0.4, 0.5) is 0 Å². The Morgan fingerprint density at radius 2 is 1.58 bits per heavy atom. The third-order valence-corrected chi connectivity index (χ3v) is 6.27. The van der Waals surface area contributed by atoms with Crippen molar-refractivity contribution in [3.8, 4) is 45.6 Å². The maximum Gasteiger partial charge on any atom is 0.312 e. The molecule has 1 atom stereocenters. The molecule has 36 heavy (non-hydrogen) atoms. The molecule has 5 rings (SSSR count). The molecule has 0 amide bonds. The van der Waals surface area contributed by atoms with Crippen LogP contribution in [0.25, 0.3) is 22.1 Å². The molecule has 0 bridgehead atoms. The summed E-state index contributed by atoms with van der Waals surface area (Å²) in [6.07, 6.45) is 1.24. The van der Waals surface area contributed by atoms with Gasteiger partial charge in [0.1, 0.15) is 28.7 Å². The maximum atomic E-state index is 13.6. The van der Waals surface area contributed by atoms with E-state index in [1.165, 1.54) is 39.7 Å². The minimum Gasteiger partial charge on any atom is -0.507 e. The Bertz CT molecular complexity index is 1570. The summed E-state index contributed by atoms with van der Waals surface area (Å²) in [5.74, 6) is -0.326. The van der Waals surface area contributed by atoms with Gasteiger partial charge in [-0.1, -0.05) is 12.1 Å². The maximum absolute atomic E-state index is 13.6. The van der Waals surface area contributed by atoms with Crippen molar-refractivity contribution < 1.29 is 38.4 Å². The van der Waals surface area contributed by atoms with Crippen LogP contribution in [0.3, 0.4) is 0 Å². The van der Waals surface area contributed by atoms with E-state index in [9.17, 15) is 19.8 Å². The second-order valence-electron chi connectivity index (χ2n) is 8.22. The highest BCUT2D eigenvalue weighted by molar-refractivity contribution is 5.94. The molecule has 0 fully saturated rings. The summed E-state index contributed by atoms with van der Waals surface area (Å²) in [5.41, 5.74) is 1.32. The van der Waals surface area contributed by atoms with Gasteiger partial charge in [-0.2, -0.15) is 0 Å². The van der Waals surface area contributed by atoms with E-state index in [1.54, 1.807) is 30.3 Å².